The van der Waals surface area contributed by atoms with Crippen LogP contribution in [0.25, 0.3) is 22.3 Å². The van der Waals surface area contributed by atoms with Crippen LogP contribution >= 0.6 is 0 Å². The third-order valence-corrected chi connectivity index (χ3v) is 3.80. The second-order valence-electron chi connectivity index (χ2n) is 5.38. The highest BCUT2D eigenvalue weighted by atomic mass is 16.4. The summed E-state index contributed by atoms with van der Waals surface area (Å²) in [6.07, 6.45) is -0.0589. The molecule has 0 spiro atoms. The summed E-state index contributed by atoms with van der Waals surface area (Å²) in [5, 5.41) is 57.8. The first-order valence-corrected chi connectivity index (χ1v) is 7.22. The Morgan fingerprint density at radius 1 is 0.880 bits per heavy atom. The highest BCUT2D eigenvalue weighted by Crippen LogP contribution is 2.39. The predicted octanol–water partition coefficient (Wildman–Crippen LogP) is 1.52. The summed E-state index contributed by atoms with van der Waals surface area (Å²) >= 11 is 0. The highest BCUT2D eigenvalue weighted by molar-refractivity contribution is 5.91. The van der Waals surface area contributed by atoms with Gasteiger partial charge in [0.1, 0.15) is 22.5 Å². The van der Waals surface area contributed by atoms with Crippen molar-refractivity contribution in [1.82, 2.24) is 0 Å². The van der Waals surface area contributed by atoms with Crippen molar-refractivity contribution in [2.75, 3.05) is 6.61 Å². The first-order chi connectivity index (χ1) is 11.8. The van der Waals surface area contributed by atoms with Crippen molar-refractivity contribution >= 4 is 11.0 Å². The van der Waals surface area contributed by atoms with Crippen LogP contribution in [0.1, 0.15) is 5.56 Å². The first-order valence-electron chi connectivity index (χ1n) is 7.22. The van der Waals surface area contributed by atoms with Crippen LogP contribution in [0, 0.1) is 0 Å². The number of aliphatic hydroxyl groups is 1. The van der Waals surface area contributed by atoms with Crippen LogP contribution in [0.2, 0.25) is 0 Å². The van der Waals surface area contributed by atoms with Crippen molar-refractivity contribution in [2.24, 2.45) is 0 Å². The zero-order chi connectivity index (χ0) is 18.3. The molecule has 0 aliphatic carbocycles. The zero-order valence-corrected chi connectivity index (χ0v) is 12.7. The molecule has 1 aromatic heterocycles. The molecule has 8 nitrogen and oxygen atoms in total. The molecule has 0 saturated carbocycles. The summed E-state index contributed by atoms with van der Waals surface area (Å²) in [5.41, 5.74) is -0.973. The Balaban J connectivity index is 2.42. The number of phenols is 4. The van der Waals surface area contributed by atoms with Gasteiger partial charge in [-0.25, -0.2) is 0 Å². The Bertz CT molecular complexity index is 1040. The Labute approximate surface area is 140 Å². The molecular formula is C17H14O8. The standard InChI is InChI=1S/C17H14O8/c18-4-3-8-10(20)6-12(22)13-14(23)15(24)16(25-17(8)13)7-1-2-9(19)11(21)5-7/h1-2,5-6,18-22,24H,3-4H2. The number of aliphatic hydroxyl groups excluding tert-OH is 1. The van der Waals surface area contributed by atoms with Crippen LogP contribution in [-0.4, -0.2) is 37.2 Å². The van der Waals surface area contributed by atoms with Gasteiger partial charge in [0.2, 0.25) is 11.2 Å². The van der Waals surface area contributed by atoms with Crippen LogP contribution in [0.3, 0.4) is 0 Å². The average molecular weight is 346 g/mol. The molecule has 25 heavy (non-hydrogen) atoms. The lowest BCUT2D eigenvalue weighted by Crippen LogP contribution is -2.05. The van der Waals surface area contributed by atoms with Gasteiger partial charge in [0.25, 0.3) is 0 Å². The summed E-state index contributed by atoms with van der Waals surface area (Å²) in [6, 6.07) is 4.44. The molecule has 0 unspecified atom stereocenters. The third kappa shape index (κ3) is 2.58. The zero-order valence-electron chi connectivity index (χ0n) is 12.7. The van der Waals surface area contributed by atoms with Gasteiger partial charge in [-0.1, -0.05) is 0 Å². The van der Waals surface area contributed by atoms with E-state index >= 15 is 0 Å². The van der Waals surface area contributed by atoms with Crippen molar-refractivity contribution < 1.29 is 35.1 Å². The summed E-state index contributed by atoms with van der Waals surface area (Å²) < 4.78 is 5.53. The van der Waals surface area contributed by atoms with Crippen LogP contribution in [-0.2, 0) is 6.42 Å². The third-order valence-electron chi connectivity index (χ3n) is 3.80. The van der Waals surface area contributed by atoms with E-state index in [-0.39, 0.29) is 46.6 Å². The lowest BCUT2D eigenvalue weighted by Gasteiger charge is -2.12. The molecule has 3 rings (SSSR count). The van der Waals surface area contributed by atoms with Crippen molar-refractivity contribution in [3.63, 3.8) is 0 Å². The Morgan fingerprint density at radius 3 is 2.24 bits per heavy atom. The smallest absolute Gasteiger partial charge is 0.238 e. The van der Waals surface area contributed by atoms with E-state index in [1.807, 2.05) is 0 Å². The van der Waals surface area contributed by atoms with Gasteiger partial charge in [0.05, 0.1) is 0 Å². The fraction of sp³-hybridized carbons (Fsp3) is 0.118. The SMILES string of the molecule is O=c1c(O)c(-c2ccc(O)c(O)c2)oc2c(CCO)c(O)cc(O)c12. The fourth-order valence-corrected chi connectivity index (χ4v) is 2.59. The molecule has 2 aromatic carbocycles. The van der Waals surface area contributed by atoms with Crippen molar-refractivity contribution in [3.05, 3.63) is 40.1 Å². The predicted molar refractivity (Wildman–Crippen MR) is 87.0 cm³/mol. The van der Waals surface area contributed by atoms with E-state index in [2.05, 4.69) is 0 Å². The van der Waals surface area contributed by atoms with Gasteiger partial charge in [0.15, 0.2) is 17.3 Å². The van der Waals surface area contributed by atoms with Gasteiger partial charge in [-0.3, -0.25) is 4.79 Å². The number of hydrogen-bond acceptors (Lipinski definition) is 8. The average Bonchev–Trinajstić information content (AvgIpc) is 2.56. The Kier molecular flexibility index (Phi) is 3.90. The van der Waals surface area contributed by atoms with Crippen molar-refractivity contribution in [2.45, 2.75) is 6.42 Å². The minimum atomic E-state index is -0.944. The minimum absolute atomic E-state index is 0.0589. The number of rotatable bonds is 3. The largest absolute Gasteiger partial charge is 0.507 e. The monoisotopic (exact) mass is 346 g/mol. The fourth-order valence-electron chi connectivity index (χ4n) is 2.59. The molecule has 0 amide bonds. The number of benzene rings is 2. The van der Waals surface area contributed by atoms with E-state index in [0.717, 1.165) is 18.2 Å². The van der Waals surface area contributed by atoms with Gasteiger partial charge < -0.3 is 35.1 Å². The summed E-state index contributed by atoms with van der Waals surface area (Å²) in [6.45, 7) is -0.354. The second kappa shape index (κ2) is 5.91. The lowest BCUT2D eigenvalue weighted by molar-refractivity contribution is 0.297. The number of fused-ring (bicyclic) bond motifs is 1. The Hall–Kier alpha value is -3.39. The highest BCUT2D eigenvalue weighted by Gasteiger charge is 2.22. The van der Waals surface area contributed by atoms with Gasteiger partial charge in [-0.2, -0.15) is 0 Å². The second-order valence-corrected chi connectivity index (χ2v) is 5.38. The molecule has 0 aliphatic heterocycles. The molecule has 8 heteroatoms. The normalized spacial score (nSPS) is 11.1. The molecule has 0 radical (unpaired) electrons. The van der Waals surface area contributed by atoms with Gasteiger partial charge in [0, 0.05) is 30.2 Å². The Morgan fingerprint density at radius 2 is 1.60 bits per heavy atom. The molecule has 6 N–H and O–H groups in total. The quantitative estimate of drug-likeness (QED) is 0.391. The maximum atomic E-state index is 12.4. The maximum Gasteiger partial charge on any atom is 0.238 e. The molecule has 3 aromatic rings. The number of phenolic OH excluding ortho intramolecular Hbond substituents is 4. The van der Waals surface area contributed by atoms with E-state index in [1.165, 1.54) is 6.07 Å². The first kappa shape index (κ1) is 16.5. The summed E-state index contributed by atoms with van der Waals surface area (Å²) in [5.74, 6) is -2.99. The topological polar surface area (TPSA) is 152 Å². The number of hydrogen-bond donors (Lipinski definition) is 6. The molecule has 0 bridgehead atoms. The maximum absolute atomic E-state index is 12.4. The van der Waals surface area contributed by atoms with Gasteiger partial charge >= 0.3 is 0 Å². The molecule has 0 fully saturated rings. The molecule has 1 heterocycles. The molecule has 0 saturated heterocycles. The molecule has 0 atom stereocenters. The van der Waals surface area contributed by atoms with Crippen molar-refractivity contribution in [1.29, 1.82) is 0 Å². The molecule has 130 valence electrons. The minimum Gasteiger partial charge on any atom is -0.507 e. The van der Waals surface area contributed by atoms with Crippen molar-refractivity contribution in [3.8, 4) is 40.1 Å². The van der Waals surface area contributed by atoms with Crippen LogP contribution < -0.4 is 5.43 Å². The van der Waals surface area contributed by atoms with E-state index in [9.17, 15) is 30.3 Å². The van der Waals surface area contributed by atoms with Crippen LogP contribution in [0.4, 0.5) is 0 Å². The summed E-state index contributed by atoms with van der Waals surface area (Å²) in [4.78, 5) is 12.4. The summed E-state index contributed by atoms with van der Waals surface area (Å²) in [7, 11) is 0. The van der Waals surface area contributed by atoms with E-state index in [1.54, 1.807) is 0 Å². The van der Waals surface area contributed by atoms with E-state index in [0.29, 0.717) is 0 Å². The van der Waals surface area contributed by atoms with Gasteiger partial charge in [-0.15, -0.1) is 0 Å². The van der Waals surface area contributed by atoms with Crippen LogP contribution in [0.5, 0.6) is 28.7 Å². The lowest BCUT2D eigenvalue weighted by atomic mass is 10.0. The van der Waals surface area contributed by atoms with Crippen LogP contribution in [0.15, 0.2) is 33.5 Å². The van der Waals surface area contributed by atoms with Gasteiger partial charge in [-0.05, 0) is 18.2 Å². The van der Waals surface area contributed by atoms with E-state index < -0.39 is 28.4 Å². The molecule has 0 aliphatic rings. The number of aromatic hydroxyl groups is 5. The molecular weight excluding hydrogens is 332 g/mol. The van der Waals surface area contributed by atoms with E-state index in [4.69, 9.17) is 9.52 Å².